The third-order valence-electron chi connectivity index (χ3n) is 2.51. The molecule has 6 nitrogen and oxygen atoms in total. The van der Waals surface area contributed by atoms with Gasteiger partial charge in [-0.3, -0.25) is 4.55 Å². The zero-order valence-corrected chi connectivity index (χ0v) is 10.5. The van der Waals surface area contributed by atoms with Crippen LogP contribution in [0.2, 0.25) is 0 Å². The molecule has 0 radical (unpaired) electrons. The molecule has 0 amide bonds. The van der Waals surface area contributed by atoms with E-state index in [9.17, 15) is 4.21 Å². The molecule has 0 fully saturated rings. The second-order valence-electron chi connectivity index (χ2n) is 4.23. The second kappa shape index (κ2) is 4.89. The van der Waals surface area contributed by atoms with Crippen LogP contribution in [0.25, 0.3) is 11.2 Å². The maximum Gasteiger partial charge on any atom is 0.268 e. The van der Waals surface area contributed by atoms with Crippen molar-refractivity contribution in [1.82, 2.24) is 18.9 Å². The Morgan fingerprint density at radius 3 is 2.82 bits per heavy atom. The van der Waals surface area contributed by atoms with Crippen molar-refractivity contribution in [1.29, 1.82) is 0 Å². The number of aromatic nitrogens is 4. The van der Waals surface area contributed by atoms with Gasteiger partial charge >= 0.3 is 0 Å². The lowest BCUT2D eigenvalue weighted by Gasteiger charge is -2.04. The van der Waals surface area contributed by atoms with Crippen molar-refractivity contribution >= 4 is 22.4 Å². The van der Waals surface area contributed by atoms with Crippen molar-refractivity contribution in [2.24, 2.45) is 5.92 Å². The Hall–Kier alpha value is -1.34. The summed E-state index contributed by atoms with van der Waals surface area (Å²) in [7, 11) is 0. The average molecular weight is 254 g/mol. The molecular weight excluding hydrogens is 240 g/mol. The Balaban J connectivity index is 2.41. The lowest BCUT2D eigenvalue weighted by Crippen LogP contribution is -2.03. The molecule has 2 heterocycles. The maximum atomic E-state index is 11.0. The van der Waals surface area contributed by atoms with Crippen molar-refractivity contribution < 1.29 is 8.76 Å². The van der Waals surface area contributed by atoms with Gasteiger partial charge in [0.25, 0.3) is 11.3 Å². The van der Waals surface area contributed by atoms with E-state index in [1.807, 2.05) is 0 Å². The van der Waals surface area contributed by atoms with Crippen LogP contribution < -0.4 is 0 Å². The lowest BCUT2D eigenvalue weighted by atomic mass is 10.1. The predicted octanol–water partition coefficient (Wildman–Crippen LogP) is 1.40. The van der Waals surface area contributed by atoms with Gasteiger partial charge in [-0.25, -0.2) is 23.1 Å². The molecule has 0 aliphatic rings. The van der Waals surface area contributed by atoms with E-state index < -0.39 is 11.3 Å². The Kier molecular flexibility index (Phi) is 3.49. The molecule has 1 N–H and O–H groups in total. The molecule has 7 heteroatoms. The Morgan fingerprint density at radius 2 is 2.18 bits per heavy atom. The molecule has 0 aliphatic heterocycles. The minimum Gasteiger partial charge on any atom is -0.289 e. The number of fused-ring (bicyclic) bond motifs is 1. The molecule has 0 spiro atoms. The van der Waals surface area contributed by atoms with Gasteiger partial charge in [0.05, 0.1) is 5.69 Å². The van der Waals surface area contributed by atoms with Crippen LogP contribution in [-0.2, 0) is 17.7 Å². The molecule has 1 unspecified atom stereocenters. The Labute approximate surface area is 102 Å². The van der Waals surface area contributed by atoms with E-state index in [0.717, 1.165) is 22.5 Å². The summed E-state index contributed by atoms with van der Waals surface area (Å²) in [6.45, 7) is 4.28. The number of nitrogens with zero attached hydrogens (tertiary/aromatic N) is 4. The number of hydrogen-bond acceptors (Lipinski definition) is 4. The highest BCUT2D eigenvalue weighted by molar-refractivity contribution is 7.77. The first kappa shape index (κ1) is 12.1. The Bertz CT molecular complexity index is 552. The van der Waals surface area contributed by atoms with Crippen molar-refractivity contribution in [2.45, 2.75) is 26.7 Å². The zero-order chi connectivity index (χ0) is 12.4. The summed E-state index contributed by atoms with van der Waals surface area (Å²) < 4.78 is 21.2. The number of imidazole rings is 1. The third-order valence-corrected chi connectivity index (χ3v) is 3.11. The highest BCUT2D eigenvalue weighted by atomic mass is 32.2. The minimum atomic E-state index is -2.13. The van der Waals surface area contributed by atoms with Gasteiger partial charge in [-0.05, 0) is 18.8 Å². The molecule has 1 atom stereocenters. The van der Waals surface area contributed by atoms with Gasteiger partial charge in [0.1, 0.15) is 18.2 Å². The fraction of sp³-hybridized carbons (Fsp3) is 0.500. The Morgan fingerprint density at radius 1 is 1.41 bits per heavy atom. The molecule has 2 aromatic rings. The van der Waals surface area contributed by atoms with Gasteiger partial charge in [0, 0.05) is 0 Å². The van der Waals surface area contributed by atoms with Gasteiger partial charge in [-0.15, -0.1) is 0 Å². The number of aryl methyl sites for hydroxylation is 1. The average Bonchev–Trinajstić information content (AvgIpc) is 2.70. The summed E-state index contributed by atoms with van der Waals surface area (Å²) in [5, 5.41) is 0. The lowest BCUT2D eigenvalue weighted by molar-refractivity contribution is 0.556. The van der Waals surface area contributed by atoms with Crippen LogP contribution in [0.4, 0.5) is 0 Å². The van der Waals surface area contributed by atoms with E-state index in [-0.39, 0.29) is 0 Å². The molecule has 0 aromatic carbocycles. The van der Waals surface area contributed by atoms with Crippen LogP contribution >= 0.6 is 0 Å². The van der Waals surface area contributed by atoms with Crippen LogP contribution in [0.1, 0.15) is 26.0 Å². The quantitative estimate of drug-likeness (QED) is 0.834. The molecule has 2 rings (SSSR count). The monoisotopic (exact) mass is 254 g/mol. The number of rotatable bonds is 4. The fourth-order valence-electron chi connectivity index (χ4n) is 1.59. The summed E-state index contributed by atoms with van der Waals surface area (Å²) in [6.07, 6.45) is 4.52. The topological polar surface area (TPSA) is 80.9 Å². The fourth-order valence-corrected chi connectivity index (χ4v) is 1.99. The SMILES string of the molecule is CC(C)CCc1ncnc2c1ncn2S(=O)O. The molecule has 0 saturated carbocycles. The van der Waals surface area contributed by atoms with Gasteiger partial charge in [0.2, 0.25) is 0 Å². The van der Waals surface area contributed by atoms with Gasteiger partial charge < -0.3 is 0 Å². The highest BCUT2D eigenvalue weighted by Gasteiger charge is 2.12. The molecule has 0 saturated heterocycles. The van der Waals surface area contributed by atoms with Gasteiger partial charge in [-0.2, -0.15) is 0 Å². The summed E-state index contributed by atoms with van der Waals surface area (Å²) in [6, 6.07) is 0. The van der Waals surface area contributed by atoms with Crippen molar-refractivity contribution in [3.8, 4) is 0 Å². The second-order valence-corrected chi connectivity index (χ2v) is 5.08. The van der Waals surface area contributed by atoms with E-state index in [4.69, 9.17) is 4.55 Å². The predicted molar refractivity (Wildman–Crippen MR) is 64.7 cm³/mol. The third kappa shape index (κ3) is 2.50. The number of hydrogen-bond donors (Lipinski definition) is 1. The smallest absolute Gasteiger partial charge is 0.268 e. The first-order chi connectivity index (χ1) is 8.09. The van der Waals surface area contributed by atoms with Crippen molar-refractivity contribution in [2.75, 3.05) is 0 Å². The molecule has 17 heavy (non-hydrogen) atoms. The van der Waals surface area contributed by atoms with Crippen LogP contribution in [0.15, 0.2) is 12.7 Å². The van der Waals surface area contributed by atoms with E-state index in [1.165, 1.54) is 12.7 Å². The molecule has 92 valence electrons. The van der Waals surface area contributed by atoms with Crippen LogP contribution in [0, 0.1) is 5.92 Å². The summed E-state index contributed by atoms with van der Waals surface area (Å²) >= 11 is -2.13. The largest absolute Gasteiger partial charge is 0.289 e. The first-order valence-corrected chi connectivity index (χ1v) is 6.44. The molecule has 0 aliphatic carbocycles. The van der Waals surface area contributed by atoms with Crippen LogP contribution in [0.5, 0.6) is 0 Å². The standard InChI is InChI=1S/C10H14N4O2S/c1-7(2)3-4-8-9-10(12-5-11-8)14(6-13-9)17(15)16/h5-7H,3-4H2,1-2H3,(H,15,16). The van der Waals surface area contributed by atoms with E-state index >= 15 is 0 Å². The summed E-state index contributed by atoms with van der Waals surface area (Å²) in [4.78, 5) is 12.3. The molecule has 2 aromatic heterocycles. The summed E-state index contributed by atoms with van der Waals surface area (Å²) in [5.74, 6) is 0.578. The van der Waals surface area contributed by atoms with Crippen molar-refractivity contribution in [3.05, 3.63) is 18.3 Å². The van der Waals surface area contributed by atoms with Crippen LogP contribution in [-0.4, -0.2) is 27.7 Å². The summed E-state index contributed by atoms with van der Waals surface area (Å²) in [5.41, 5.74) is 1.84. The first-order valence-electron chi connectivity index (χ1n) is 5.38. The van der Waals surface area contributed by atoms with E-state index in [1.54, 1.807) is 0 Å². The van der Waals surface area contributed by atoms with Crippen molar-refractivity contribution in [3.63, 3.8) is 0 Å². The highest BCUT2D eigenvalue weighted by Crippen LogP contribution is 2.16. The normalized spacial score (nSPS) is 13.4. The molecular formula is C10H14N4O2S. The zero-order valence-electron chi connectivity index (χ0n) is 9.70. The van der Waals surface area contributed by atoms with E-state index in [2.05, 4.69) is 28.8 Å². The van der Waals surface area contributed by atoms with Crippen LogP contribution in [0.3, 0.4) is 0 Å². The molecule has 0 bridgehead atoms. The minimum absolute atomic E-state index is 0.402. The van der Waals surface area contributed by atoms with Gasteiger partial charge in [0.15, 0.2) is 5.65 Å². The maximum absolute atomic E-state index is 11.0. The van der Waals surface area contributed by atoms with E-state index in [0.29, 0.717) is 17.1 Å². The van der Waals surface area contributed by atoms with Gasteiger partial charge in [-0.1, -0.05) is 13.8 Å².